The molecular formula is C11H11F2N3O. The molecule has 0 unspecified atom stereocenters. The van der Waals surface area contributed by atoms with Gasteiger partial charge in [-0.15, -0.1) is 10.2 Å². The summed E-state index contributed by atoms with van der Waals surface area (Å²) in [6.45, 7) is 0.674. The van der Waals surface area contributed by atoms with Crippen LogP contribution in [0.4, 0.5) is 8.78 Å². The molecule has 0 aliphatic carbocycles. The molecule has 0 saturated heterocycles. The zero-order chi connectivity index (χ0) is 12.3. The van der Waals surface area contributed by atoms with Gasteiger partial charge in [0.1, 0.15) is 0 Å². The van der Waals surface area contributed by atoms with Crippen molar-refractivity contribution in [3.8, 4) is 11.5 Å². The van der Waals surface area contributed by atoms with Crippen LogP contribution in [-0.4, -0.2) is 23.8 Å². The fourth-order valence-electron chi connectivity index (χ4n) is 1.36. The Kier molecular flexibility index (Phi) is 3.43. The fourth-order valence-corrected chi connectivity index (χ4v) is 1.36. The molecule has 1 aromatic heterocycles. The summed E-state index contributed by atoms with van der Waals surface area (Å²) in [4.78, 5) is 0. The Balaban J connectivity index is 2.27. The van der Waals surface area contributed by atoms with Crippen molar-refractivity contribution in [2.75, 3.05) is 13.6 Å². The largest absolute Gasteiger partial charge is 0.421 e. The summed E-state index contributed by atoms with van der Waals surface area (Å²) in [5, 5.41) is 10.4. The van der Waals surface area contributed by atoms with E-state index in [2.05, 4.69) is 15.5 Å². The number of halogens is 2. The normalized spacial score (nSPS) is 10.8. The van der Waals surface area contributed by atoms with Gasteiger partial charge in [-0.25, -0.2) is 8.78 Å². The second-order valence-electron chi connectivity index (χ2n) is 3.46. The van der Waals surface area contributed by atoms with Gasteiger partial charge in [-0.1, -0.05) is 6.07 Å². The quantitative estimate of drug-likeness (QED) is 0.883. The third-order valence-corrected chi connectivity index (χ3v) is 2.24. The van der Waals surface area contributed by atoms with Crippen LogP contribution in [-0.2, 0) is 6.42 Å². The van der Waals surface area contributed by atoms with Gasteiger partial charge in [0, 0.05) is 13.0 Å². The highest BCUT2D eigenvalue weighted by atomic mass is 19.2. The smallest absolute Gasteiger partial charge is 0.250 e. The predicted molar refractivity (Wildman–Crippen MR) is 57.3 cm³/mol. The Hall–Kier alpha value is -1.82. The van der Waals surface area contributed by atoms with Gasteiger partial charge in [0.25, 0.3) is 5.89 Å². The van der Waals surface area contributed by atoms with Gasteiger partial charge in [0.05, 0.1) is 5.56 Å². The average molecular weight is 239 g/mol. The predicted octanol–water partition coefficient (Wildman–Crippen LogP) is 1.78. The molecule has 2 aromatic rings. The van der Waals surface area contributed by atoms with Crippen molar-refractivity contribution in [1.29, 1.82) is 0 Å². The molecule has 0 aliphatic heterocycles. The molecule has 17 heavy (non-hydrogen) atoms. The van der Waals surface area contributed by atoms with Crippen LogP contribution >= 0.6 is 0 Å². The lowest BCUT2D eigenvalue weighted by Gasteiger charge is -1.97. The van der Waals surface area contributed by atoms with Gasteiger partial charge in [-0.3, -0.25) is 0 Å². The van der Waals surface area contributed by atoms with Gasteiger partial charge >= 0.3 is 0 Å². The molecule has 90 valence electrons. The molecule has 1 heterocycles. The zero-order valence-corrected chi connectivity index (χ0v) is 9.20. The number of hydrogen-bond donors (Lipinski definition) is 1. The van der Waals surface area contributed by atoms with Crippen molar-refractivity contribution in [3.05, 3.63) is 35.7 Å². The van der Waals surface area contributed by atoms with E-state index in [1.165, 1.54) is 12.1 Å². The molecule has 0 aliphatic rings. The Labute approximate surface area is 96.7 Å². The molecule has 0 fully saturated rings. The highest BCUT2D eigenvalue weighted by molar-refractivity contribution is 5.53. The van der Waals surface area contributed by atoms with Crippen molar-refractivity contribution >= 4 is 0 Å². The molecule has 2 rings (SSSR count). The number of aromatic nitrogens is 2. The Morgan fingerprint density at radius 3 is 2.88 bits per heavy atom. The average Bonchev–Trinajstić information content (AvgIpc) is 2.78. The van der Waals surface area contributed by atoms with E-state index in [0.717, 1.165) is 6.07 Å². The Bertz CT molecular complexity index is 513. The zero-order valence-electron chi connectivity index (χ0n) is 9.20. The summed E-state index contributed by atoms with van der Waals surface area (Å²) in [7, 11) is 1.80. The van der Waals surface area contributed by atoms with Gasteiger partial charge in [-0.05, 0) is 19.2 Å². The first-order valence-electron chi connectivity index (χ1n) is 5.13. The number of likely N-dealkylation sites (N-methyl/N-ethyl adjacent to an activating group) is 1. The maximum Gasteiger partial charge on any atom is 0.250 e. The first-order chi connectivity index (χ1) is 8.22. The van der Waals surface area contributed by atoms with Crippen molar-refractivity contribution in [1.82, 2.24) is 15.5 Å². The minimum Gasteiger partial charge on any atom is -0.421 e. The monoisotopic (exact) mass is 239 g/mol. The summed E-state index contributed by atoms with van der Waals surface area (Å²) < 4.78 is 31.7. The maximum absolute atomic E-state index is 13.4. The van der Waals surface area contributed by atoms with E-state index < -0.39 is 11.6 Å². The van der Waals surface area contributed by atoms with Crippen LogP contribution < -0.4 is 5.32 Å². The topological polar surface area (TPSA) is 51.0 Å². The van der Waals surface area contributed by atoms with E-state index in [1.54, 1.807) is 7.05 Å². The third-order valence-electron chi connectivity index (χ3n) is 2.24. The van der Waals surface area contributed by atoms with E-state index in [0.29, 0.717) is 18.9 Å². The van der Waals surface area contributed by atoms with Crippen LogP contribution in [0.5, 0.6) is 0 Å². The first kappa shape index (κ1) is 11.7. The third kappa shape index (κ3) is 2.47. The van der Waals surface area contributed by atoms with Gasteiger partial charge < -0.3 is 9.73 Å². The van der Waals surface area contributed by atoms with Crippen molar-refractivity contribution in [2.45, 2.75) is 6.42 Å². The highest BCUT2D eigenvalue weighted by Gasteiger charge is 2.15. The first-order valence-corrected chi connectivity index (χ1v) is 5.13. The summed E-state index contributed by atoms with van der Waals surface area (Å²) in [5.74, 6) is -1.53. The molecule has 1 N–H and O–H groups in total. The molecule has 0 atom stereocenters. The lowest BCUT2D eigenvalue weighted by Crippen LogP contribution is -2.10. The number of rotatable bonds is 4. The van der Waals surface area contributed by atoms with Crippen LogP contribution in [0.2, 0.25) is 0 Å². The van der Waals surface area contributed by atoms with Gasteiger partial charge in [0.2, 0.25) is 5.89 Å². The van der Waals surface area contributed by atoms with Crippen LogP contribution in [0.15, 0.2) is 22.6 Å². The highest BCUT2D eigenvalue weighted by Crippen LogP contribution is 2.23. The van der Waals surface area contributed by atoms with Crippen LogP contribution in [0, 0.1) is 11.6 Å². The fraction of sp³-hybridized carbons (Fsp3) is 0.273. The molecule has 0 radical (unpaired) electrons. The molecule has 0 saturated carbocycles. The number of nitrogens with zero attached hydrogens (tertiary/aromatic N) is 2. The van der Waals surface area contributed by atoms with E-state index in [-0.39, 0.29) is 11.5 Å². The lowest BCUT2D eigenvalue weighted by atomic mass is 10.2. The van der Waals surface area contributed by atoms with Gasteiger partial charge in [0.15, 0.2) is 11.6 Å². The number of benzene rings is 1. The number of nitrogens with one attached hydrogen (secondary N) is 1. The number of hydrogen-bond acceptors (Lipinski definition) is 4. The molecule has 0 spiro atoms. The minimum atomic E-state index is -0.976. The standard InChI is InChI=1S/C11H11F2N3O/c1-14-6-5-9-15-16-11(17-9)7-3-2-4-8(12)10(7)13/h2-4,14H,5-6H2,1H3. The summed E-state index contributed by atoms with van der Waals surface area (Å²) >= 11 is 0. The molecule has 1 aromatic carbocycles. The second-order valence-corrected chi connectivity index (χ2v) is 3.46. The summed E-state index contributed by atoms with van der Waals surface area (Å²) in [5.41, 5.74) is -0.0202. The SMILES string of the molecule is CNCCc1nnc(-c2cccc(F)c2F)o1. The van der Waals surface area contributed by atoms with Crippen molar-refractivity contribution < 1.29 is 13.2 Å². The van der Waals surface area contributed by atoms with Crippen LogP contribution in [0.25, 0.3) is 11.5 Å². The lowest BCUT2D eigenvalue weighted by molar-refractivity contribution is 0.484. The maximum atomic E-state index is 13.4. The van der Waals surface area contributed by atoms with Crippen LogP contribution in [0.3, 0.4) is 0 Å². The summed E-state index contributed by atoms with van der Waals surface area (Å²) in [6.07, 6.45) is 0.542. The molecule has 6 heteroatoms. The molecule has 0 amide bonds. The Morgan fingerprint density at radius 2 is 2.12 bits per heavy atom. The van der Waals surface area contributed by atoms with E-state index >= 15 is 0 Å². The molecular weight excluding hydrogens is 228 g/mol. The van der Waals surface area contributed by atoms with E-state index in [4.69, 9.17) is 4.42 Å². The second kappa shape index (κ2) is 5.01. The Morgan fingerprint density at radius 1 is 1.29 bits per heavy atom. The molecule has 4 nitrogen and oxygen atoms in total. The van der Waals surface area contributed by atoms with Crippen molar-refractivity contribution in [3.63, 3.8) is 0 Å². The summed E-state index contributed by atoms with van der Waals surface area (Å²) in [6, 6.07) is 3.83. The minimum absolute atomic E-state index is 0.00639. The van der Waals surface area contributed by atoms with Crippen molar-refractivity contribution in [2.24, 2.45) is 0 Å². The van der Waals surface area contributed by atoms with Crippen LogP contribution in [0.1, 0.15) is 5.89 Å². The van der Waals surface area contributed by atoms with E-state index in [1.807, 2.05) is 0 Å². The molecule has 0 bridgehead atoms. The van der Waals surface area contributed by atoms with Gasteiger partial charge in [-0.2, -0.15) is 0 Å². The van der Waals surface area contributed by atoms with E-state index in [9.17, 15) is 8.78 Å².